The molecule has 0 aliphatic rings. The Labute approximate surface area is 175 Å². The molecule has 148 valence electrons. The Bertz CT molecular complexity index is 730. The molecule has 0 fully saturated rings. The summed E-state index contributed by atoms with van der Waals surface area (Å²) in [6, 6.07) is 14.4. The Balaban J connectivity index is 0.00000364. The number of guanidine groups is 1. The Morgan fingerprint density at radius 3 is 2.59 bits per heavy atom. The molecule has 2 aromatic carbocycles. The van der Waals surface area contributed by atoms with Gasteiger partial charge in [0.1, 0.15) is 11.5 Å². The normalized spacial score (nSPS) is 10.9. The van der Waals surface area contributed by atoms with E-state index in [0.717, 1.165) is 23.3 Å². The molecule has 0 amide bonds. The van der Waals surface area contributed by atoms with Gasteiger partial charge in [0.15, 0.2) is 5.96 Å². The van der Waals surface area contributed by atoms with Gasteiger partial charge in [0.05, 0.1) is 7.11 Å². The summed E-state index contributed by atoms with van der Waals surface area (Å²) in [7, 11) is 3.33. The van der Waals surface area contributed by atoms with Crippen LogP contribution in [0.15, 0.2) is 53.5 Å². The second-order valence-corrected chi connectivity index (χ2v) is 5.44. The molecule has 0 radical (unpaired) electrons. The van der Waals surface area contributed by atoms with Crippen molar-refractivity contribution in [2.24, 2.45) is 4.99 Å². The number of methoxy groups -OCH3 is 1. The number of hydrogen-bond acceptors (Lipinski definition) is 3. The minimum absolute atomic E-state index is 0. The van der Waals surface area contributed by atoms with Crippen LogP contribution in [0.3, 0.4) is 0 Å². The molecule has 0 spiro atoms. The number of benzene rings is 2. The molecule has 5 nitrogen and oxygen atoms in total. The summed E-state index contributed by atoms with van der Waals surface area (Å²) in [6.07, 6.45) is 0.780. The minimum Gasteiger partial charge on any atom is -0.496 e. The summed E-state index contributed by atoms with van der Waals surface area (Å²) in [6.45, 7) is -1.72. The third-order valence-electron chi connectivity index (χ3n) is 3.69. The van der Waals surface area contributed by atoms with Crippen molar-refractivity contribution < 1.29 is 18.3 Å². The Morgan fingerprint density at radius 2 is 1.89 bits per heavy atom. The molecule has 2 N–H and O–H groups in total. The molecule has 0 aromatic heterocycles. The molecule has 0 bridgehead atoms. The van der Waals surface area contributed by atoms with E-state index in [4.69, 9.17) is 4.74 Å². The van der Waals surface area contributed by atoms with Crippen molar-refractivity contribution in [3.63, 3.8) is 0 Å². The van der Waals surface area contributed by atoms with E-state index in [1.807, 2.05) is 30.3 Å². The number of rotatable bonds is 8. The van der Waals surface area contributed by atoms with Crippen LogP contribution < -0.4 is 20.1 Å². The Kier molecular flexibility index (Phi) is 10.5. The second kappa shape index (κ2) is 12.3. The molecule has 0 aliphatic heterocycles. The molecular weight excluding hydrogens is 467 g/mol. The van der Waals surface area contributed by atoms with Crippen molar-refractivity contribution in [1.29, 1.82) is 0 Å². The standard InChI is InChI=1S/C19H23F2N3O2.HI/c1-22-19(23-11-10-15-7-3-4-9-17(15)25-2)24-13-14-6-5-8-16(12-14)26-18(20)21;/h3-9,12,18H,10-11,13H2,1-2H3,(H2,22,23,24);1H. The van der Waals surface area contributed by atoms with Gasteiger partial charge in [0.2, 0.25) is 0 Å². The summed E-state index contributed by atoms with van der Waals surface area (Å²) in [5.41, 5.74) is 1.92. The van der Waals surface area contributed by atoms with Crippen LogP contribution in [0.25, 0.3) is 0 Å². The van der Waals surface area contributed by atoms with Gasteiger partial charge in [-0.05, 0) is 35.7 Å². The van der Waals surface area contributed by atoms with Crippen molar-refractivity contribution in [2.75, 3.05) is 20.7 Å². The maximum Gasteiger partial charge on any atom is 0.387 e. The predicted octanol–water partition coefficient (Wildman–Crippen LogP) is 3.82. The fourth-order valence-corrected chi connectivity index (χ4v) is 2.46. The Hall–Kier alpha value is -2.10. The smallest absolute Gasteiger partial charge is 0.387 e. The van der Waals surface area contributed by atoms with Crippen LogP contribution >= 0.6 is 24.0 Å². The van der Waals surface area contributed by atoms with E-state index in [0.29, 0.717) is 19.0 Å². The summed E-state index contributed by atoms with van der Waals surface area (Å²) < 4.78 is 34.3. The summed E-state index contributed by atoms with van der Waals surface area (Å²) in [5.74, 6) is 1.62. The third-order valence-corrected chi connectivity index (χ3v) is 3.69. The number of ether oxygens (including phenoxy) is 2. The van der Waals surface area contributed by atoms with Crippen molar-refractivity contribution >= 4 is 29.9 Å². The lowest BCUT2D eigenvalue weighted by Crippen LogP contribution is -2.37. The van der Waals surface area contributed by atoms with E-state index >= 15 is 0 Å². The monoisotopic (exact) mass is 491 g/mol. The van der Waals surface area contributed by atoms with E-state index in [1.54, 1.807) is 26.3 Å². The third kappa shape index (κ3) is 7.98. The lowest BCUT2D eigenvalue weighted by Gasteiger charge is -2.13. The van der Waals surface area contributed by atoms with Crippen LogP contribution in [0.4, 0.5) is 8.78 Å². The summed E-state index contributed by atoms with van der Waals surface area (Å²) >= 11 is 0. The van der Waals surface area contributed by atoms with Crippen molar-refractivity contribution in [3.8, 4) is 11.5 Å². The first-order chi connectivity index (χ1) is 12.6. The molecule has 8 heteroatoms. The van der Waals surface area contributed by atoms with Crippen LogP contribution in [0.5, 0.6) is 11.5 Å². The number of aliphatic imine (C=N–C) groups is 1. The maximum atomic E-state index is 12.3. The highest BCUT2D eigenvalue weighted by molar-refractivity contribution is 14.0. The van der Waals surface area contributed by atoms with E-state index in [-0.39, 0.29) is 29.7 Å². The van der Waals surface area contributed by atoms with Gasteiger partial charge in [-0.2, -0.15) is 8.78 Å². The van der Waals surface area contributed by atoms with E-state index in [1.165, 1.54) is 6.07 Å². The number of para-hydroxylation sites is 1. The minimum atomic E-state index is -2.83. The highest BCUT2D eigenvalue weighted by Crippen LogP contribution is 2.17. The maximum absolute atomic E-state index is 12.3. The highest BCUT2D eigenvalue weighted by Gasteiger charge is 2.06. The fourth-order valence-electron chi connectivity index (χ4n) is 2.46. The first kappa shape index (κ1) is 22.9. The van der Waals surface area contributed by atoms with Crippen LogP contribution in [0, 0.1) is 0 Å². The van der Waals surface area contributed by atoms with Crippen molar-refractivity contribution in [2.45, 2.75) is 19.6 Å². The number of alkyl halides is 2. The van der Waals surface area contributed by atoms with E-state index in [9.17, 15) is 8.78 Å². The van der Waals surface area contributed by atoms with Gasteiger partial charge in [-0.25, -0.2) is 0 Å². The largest absolute Gasteiger partial charge is 0.496 e. The number of hydrogen-bond donors (Lipinski definition) is 2. The van der Waals surface area contributed by atoms with Crippen LogP contribution in [0.2, 0.25) is 0 Å². The lowest BCUT2D eigenvalue weighted by atomic mass is 10.1. The molecule has 27 heavy (non-hydrogen) atoms. The van der Waals surface area contributed by atoms with Crippen LogP contribution in [0.1, 0.15) is 11.1 Å². The van der Waals surface area contributed by atoms with Crippen molar-refractivity contribution in [3.05, 3.63) is 59.7 Å². The average Bonchev–Trinajstić information content (AvgIpc) is 2.64. The number of halogens is 3. The highest BCUT2D eigenvalue weighted by atomic mass is 127. The molecule has 0 saturated carbocycles. The molecule has 0 unspecified atom stereocenters. The zero-order valence-corrected chi connectivity index (χ0v) is 17.6. The van der Waals surface area contributed by atoms with E-state index < -0.39 is 6.61 Å². The quantitative estimate of drug-likeness (QED) is 0.335. The van der Waals surface area contributed by atoms with E-state index in [2.05, 4.69) is 20.4 Å². The Morgan fingerprint density at radius 1 is 1.11 bits per heavy atom. The van der Waals surface area contributed by atoms with Gasteiger partial charge >= 0.3 is 6.61 Å². The average molecular weight is 491 g/mol. The second-order valence-electron chi connectivity index (χ2n) is 5.44. The molecule has 2 rings (SSSR count). The molecule has 0 atom stereocenters. The zero-order valence-electron chi connectivity index (χ0n) is 15.2. The number of nitrogens with one attached hydrogen (secondary N) is 2. The predicted molar refractivity (Wildman–Crippen MR) is 113 cm³/mol. The van der Waals surface area contributed by atoms with Gasteiger partial charge in [-0.15, -0.1) is 24.0 Å². The van der Waals surface area contributed by atoms with Gasteiger partial charge in [0, 0.05) is 20.1 Å². The zero-order chi connectivity index (χ0) is 18.8. The first-order valence-electron chi connectivity index (χ1n) is 8.22. The summed E-state index contributed by atoms with van der Waals surface area (Å²) in [5, 5.41) is 6.36. The number of nitrogens with zero attached hydrogens (tertiary/aromatic N) is 1. The van der Waals surface area contributed by atoms with Crippen LogP contribution in [-0.4, -0.2) is 33.3 Å². The molecule has 0 heterocycles. The van der Waals surface area contributed by atoms with Gasteiger partial charge in [0.25, 0.3) is 0 Å². The summed E-state index contributed by atoms with van der Waals surface area (Å²) in [4.78, 5) is 4.16. The molecule has 2 aromatic rings. The SMILES string of the molecule is CN=C(NCCc1ccccc1OC)NCc1cccc(OC(F)F)c1.I. The van der Waals surface area contributed by atoms with Crippen molar-refractivity contribution in [1.82, 2.24) is 10.6 Å². The fraction of sp³-hybridized carbons (Fsp3) is 0.316. The van der Waals surface area contributed by atoms with Gasteiger partial charge < -0.3 is 20.1 Å². The molecule has 0 aliphatic carbocycles. The lowest BCUT2D eigenvalue weighted by molar-refractivity contribution is -0.0498. The first-order valence-corrected chi connectivity index (χ1v) is 8.22. The van der Waals surface area contributed by atoms with Crippen LogP contribution in [-0.2, 0) is 13.0 Å². The van der Waals surface area contributed by atoms with Gasteiger partial charge in [-0.3, -0.25) is 4.99 Å². The molecule has 0 saturated heterocycles. The topological polar surface area (TPSA) is 54.9 Å². The molecular formula is C19H24F2IN3O2. The van der Waals surface area contributed by atoms with Gasteiger partial charge in [-0.1, -0.05) is 30.3 Å².